The van der Waals surface area contributed by atoms with E-state index in [0.717, 1.165) is 31.6 Å². The van der Waals surface area contributed by atoms with E-state index in [4.69, 9.17) is 9.26 Å². The summed E-state index contributed by atoms with van der Waals surface area (Å²) >= 11 is 0. The summed E-state index contributed by atoms with van der Waals surface area (Å²) < 4.78 is 11.4. The SMILES string of the molecule is CC[C@@]12C[C@@](C)(O)[C@](O)(c3ccccn3)C[C@H]1CCc1cc(OCc3noc(CCN(C)C)n3)ccc12. The number of aliphatic hydroxyl groups is 2. The van der Waals surface area contributed by atoms with Gasteiger partial charge in [0.15, 0.2) is 6.61 Å². The van der Waals surface area contributed by atoms with Crippen LogP contribution in [0.4, 0.5) is 0 Å². The molecule has 4 atom stereocenters. The second kappa shape index (κ2) is 9.82. The highest BCUT2D eigenvalue weighted by Gasteiger charge is 2.61. The van der Waals surface area contributed by atoms with Crippen LogP contribution in [0.1, 0.15) is 68.1 Å². The number of likely N-dealkylation sites (N-methyl/N-ethyl adjacent to an activating group) is 1. The fraction of sp³-hybridized carbons (Fsp3) is 0.552. The van der Waals surface area contributed by atoms with Gasteiger partial charge >= 0.3 is 0 Å². The first kappa shape index (κ1) is 25.8. The highest BCUT2D eigenvalue weighted by Crippen LogP contribution is 2.59. The Balaban J connectivity index is 1.35. The van der Waals surface area contributed by atoms with Crippen LogP contribution < -0.4 is 4.74 Å². The predicted molar refractivity (Wildman–Crippen MR) is 139 cm³/mol. The summed E-state index contributed by atoms with van der Waals surface area (Å²) in [6.45, 7) is 5.05. The normalized spacial score (nSPS) is 29.1. The number of hydrogen-bond acceptors (Lipinski definition) is 8. The number of aryl methyl sites for hydroxylation is 1. The zero-order valence-corrected chi connectivity index (χ0v) is 22.3. The third-order valence-electron chi connectivity index (χ3n) is 8.62. The van der Waals surface area contributed by atoms with Crippen molar-refractivity contribution in [2.45, 2.75) is 75.6 Å². The van der Waals surface area contributed by atoms with E-state index >= 15 is 0 Å². The van der Waals surface area contributed by atoms with Crippen LogP contribution in [0.15, 0.2) is 47.1 Å². The molecule has 0 saturated heterocycles. The molecule has 0 amide bonds. The number of nitrogens with zero attached hydrogens (tertiary/aromatic N) is 4. The molecule has 8 nitrogen and oxygen atoms in total. The van der Waals surface area contributed by atoms with Crippen molar-refractivity contribution in [2.24, 2.45) is 5.92 Å². The Kier molecular flexibility index (Phi) is 6.85. The highest BCUT2D eigenvalue weighted by atomic mass is 16.5. The summed E-state index contributed by atoms with van der Waals surface area (Å²) in [6, 6.07) is 11.8. The van der Waals surface area contributed by atoms with Gasteiger partial charge in [-0.3, -0.25) is 4.98 Å². The van der Waals surface area contributed by atoms with Gasteiger partial charge in [0, 0.05) is 24.6 Å². The summed E-state index contributed by atoms with van der Waals surface area (Å²) in [6.07, 6.45) is 6.07. The summed E-state index contributed by atoms with van der Waals surface area (Å²) in [5, 5.41) is 27.5. The third-order valence-corrected chi connectivity index (χ3v) is 8.62. The van der Waals surface area contributed by atoms with E-state index in [0.29, 0.717) is 36.7 Å². The van der Waals surface area contributed by atoms with E-state index in [-0.39, 0.29) is 17.9 Å². The van der Waals surface area contributed by atoms with Crippen molar-refractivity contribution in [3.63, 3.8) is 0 Å². The molecular weight excluding hydrogens is 468 g/mol. The molecule has 5 rings (SSSR count). The molecule has 1 fully saturated rings. The first-order valence-electron chi connectivity index (χ1n) is 13.3. The lowest BCUT2D eigenvalue weighted by Gasteiger charge is -2.58. The number of ether oxygens (including phenoxy) is 1. The first-order valence-corrected chi connectivity index (χ1v) is 13.3. The van der Waals surface area contributed by atoms with E-state index in [9.17, 15) is 10.2 Å². The zero-order valence-electron chi connectivity index (χ0n) is 22.3. The van der Waals surface area contributed by atoms with Crippen molar-refractivity contribution in [1.82, 2.24) is 20.0 Å². The minimum absolute atomic E-state index is 0.217. The monoisotopic (exact) mass is 506 g/mol. The lowest BCUT2D eigenvalue weighted by atomic mass is 9.49. The number of benzene rings is 1. The van der Waals surface area contributed by atoms with Crippen molar-refractivity contribution in [3.05, 3.63) is 71.1 Å². The predicted octanol–water partition coefficient (Wildman–Crippen LogP) is 3.79. The molecule has 0 unspecified atom stereocenters. The standard InChI is InChI=1S/C29H38N4O4/c1-5-28-19-27(2,34)29(35,24-8-6-7-14-30-24)17-21(28)10-9-20-16-22(11-12-23(20)28)36-18-25-31-26(37-32-25)13-15-33(3)4/h6-8,11-12,14,16,21,34-35H,5,9-10,13,15,17-19H2,1-4H3/t21-,27-,28-,29-/m1/s1. The van der Waals surface area contributed by atoms with Gasteiger partial charge in [-0.2, -0.15) is 4.98 Å². The Morgan fingerprint density at radius 3 is 2.76 bits per heavy atom. The van der Waals surface area contributed by atoms with E-state index in [1.54, 1.807) is 13.1 Å². The average molecular weight is 507 g/mol. The Bertz CT molecular complexity index is 1230. The molecule has 0 aliphatic heterocycles. The minimum Gasteiger partial charge on any atom is -0.485 e. The number of aromatic nitrogens is 3. The fourth-order valence-corrected chi connectivity index (χ4v) is 6.56. The topological polar surface area (TPSA) is 105 Å². The van der Waals surface area contributed by atoms with Gasteiger partial charge in [0.05, 0.1) is 11.3 Å². The van der Waals surface area contributed by atoms with Crippen LogP contribution in [0.25, 0.3) is 0 Å². The van der Waals surface area contributed by atoms with Crippen molar-refractivity contribution < 1.29 is 19.5 Å². The van der Waals surface area contributed by atoms with Crippen molar-refractivity contribution in [3.8, 4) is 5.75 Å². The molecule has 2 aliphatic rings. The number of fused-ring (bicyclic) bond motifs is 3. The van der Waals surface area contributed by atoms with Crippen molar-refractivity contribution >= 4 is 0 Å². The second-order valence-corrected chi connectivity index (χ2v) is 11.2. The molecule has 0 spiro atoms. The lowest BCUT2D eigenvalue weighted by molar-refractivity contribution is -0.207. The van der Waals surface area contributed by atoms with Crippen LogP contribution in [0.2, 0.25) is 0 Å². The summed E-state index contributed by atoms with van der Waals surface area (Å²) in [5.74, 6) is 2.16. The Morgan fingerprint density at radius 1 is 1.19 bits per heavy atom. The summed E-state index contributed by atoms with van der Waals surface area (Å²) in [5.41, 5.74) is 0.132. The van der Waals surface area contributed by atoms with Gasteiger partial charge in [-0.1, -0.05) is 24.2 Å². The lowest BCUT2D eigenvalue weighted by Crippen LogP contribution is -2.62. The molecule has 2 aliphatic carbocycles. The molecule has 1 saturated carbocycles. The van der Waals surface area contributed by atoms with Crippen LogP contribution in [-0.2, 0) is 30.5 Å². The fourth-order valence-electron chi connectivity index (χ4n) is 6.56. The maximum atomic E-state index is 11.8. The highest BCUT2D eigenvalue weighted by molar-refractivity contribution is 5.45. The molecule has 37 heavy (non-hydrogen) atoms. The molecular formula is C29H38N4O4. The zero-order chi connectivity index (χ0) is 26.3. The van der Waals surface area contributed by atoms with Crippen LogP contribution in [0, 0.1) is 5.92 Å². The number of rotatable bonds is 8. The summed E-state index contributed by atoms with van der Waals surface area (Å²) in [4.78, 5) is 10.9. The van der Waals surface area contributed by atoms with Crippen LogP contribution in [0.5, 0.6) is 5.75 Å². The largest absolute Gasteiger partial charge is 0.485 e. The molecule has 2 N–H and O–H groups in total. The van der Waals surface area contributed by atoms with Gasteiger partial charge in [0.1, 0.15) is 11.4 Å². The Labute approximate surface area is 218 Å². The molecule has 3 aromatic rings. The molecule has 1 aromatic carbocycles. The quantitative estimate of drug-likeness (QED) is 0.476. The average Bonchev–Trinajstić information content (AvgIpc) is 3.35. The molecule has 2 aromatic heterocycles. The van der Waals surface area contributed by atoms with Crippen LogP contribution >= 0.6 is 0 Å². The van der Waals surface area contributed by atoms with E-state index < -0.39 is 11.2 Å². The van der Waals surface area contributed by atoms with E-state index in [2.05, 4.69) is 39.1 Å². The maximum absolute atomic E-state index is 11.8. The number of pyridine rings is 1. The maximum Gasteiger partial charge on any atom is 0.228 e. The molecule has 0 radical (unpaired) electrons. The first-order chi connectivity index (χ1) is 17.7. The molecule has 8 heteroatoms. The van der Waals surface area contributed by atoms with Crippen LogP contribution in [0.3, 0.4) is 0 Å². The van der Waals surface area contributed by atoms with Gasteiger partial charge in [0.25, 0.3) is 0 Å². The van der Waals surface area contributed by atoms with Gasteiger partial charge in [-0.25, -0.2) is 0 Å². The van der Waals surface area contributed by atoms with Gasteiger partial charge in [0.2, 0.25) is 11.7 Å². The van der Waals surface area contributed by atoms with Crippen molar-refractivity contribution in [2.75, 3.05) is 20.6 Å². The van der Waals surface area contributed by atoms with Crippen LogP contribution in [-0.4, -0.2) is 56.5 Å². The molecule has 198 valence electrons. The van der Waals surface area contributed by atoms with Gasteiger partial charge < -0.3 is 24.4 Å². The smallest absolute Gasteiger partial charge is 0.228 e. The molecule has 2 heterocycles. The van der Waals surface area contributed by atoms with Gasteiger partial charge in [-0.15, -0.1) is 0 Å². The number of hydrogen-bond donors (Lipinski definition) is 2. The van der Waals surface area contributed by atoms with Gasteiger partial charge in [-0.05, 0) is 94.4 Å². The molecule has 0 bridgehead atoms. The summed E-state index contributed by atoms with van der Waals surface area (Å²) in [7, 11) is 4.02. The second-order valence-electron chi connectivity index (χ2n) is 11.2. The van der Waals surface area contributed by atoms with Crippen molar-refractivity contribution in [1.29, 1.82) is 0 Å². The Morgan fingerprint density at radius 2 is 2.03 bits per heavy atom. The minimum atomic E-state index is -1.38. The van der Waals surface area contributed by atoms with E-state index in [1.807, 2.05) is 38.4 Å². The van der Waals surface area contributed by atoms with E-state index in [1.165, 1.54) is 11.1 Å². The Hall–Kier alpha value is -2.81. The third kappa shape index (κ3) is 4.67.